The molecule has 3 rings (SSSR count). The highest BCUT2D eigenvalue weighted by molar-refractivity contribution is 7.81. The van der Waals surface area contributed by atoms with Crippen LogP contribution in [0.3, 0.4) is 0 Å². The number of thiol groups is 1. The monoisotopic (exact) mass is 479 g/mol. The number of aliphatic carboxylic acids is 1. The SMILES string of the molecule is COC(=O)C(c1ccccc1F)N1CCC(S)/C(=C\CN2CCN(C(C)C(=O)O)C(=O)C2)C1. The van der Waals surface area contributed by atoms with Gasteiger partial charge >= 0.3 is 11.9 Å². The van der Waals surface area contributed by atoms with Crippen molar-refractivity contribution in [3.8, 4) is 0 Å². The number of ether oxygens (including phenoxy) is 1. The van der Waals surface area contributed by atoms with Crippen LogP contribution in [0.25, 0.3) is 0 Å². The van der Waals surface area contributed by atoms with E-state index in [2.05, 4.69) is 12.6 Å². The summed E-state index contributed by atoms with van der Waals surface area (Å²) in [6, 6.07) is 4.49. The number of hydrogen-bond acceptors (Lipinski definition) is 7. The fraction of sp³-hybridized carbons (Fsp3) is 0.522. The van der Waals surface area contributed by atoms with Gasteiger partial charge in [-0.2, -0.15) is 12.6 Å². The van der Waals surface area contributed by atoms with Crippen molar-refractivity contribution in [3.05, 3.63) is 47.3 Å². The normalized spacial score (nSPS) is 23.4. The van der Waals surface area contributed by atoms with Crippen LogP contribution in [0, 0.1) is 5.82 Å². The molecule has 0 radical (unpaired) electrons. The summed E-state index contributed by atoms with van der Waals surface area (Å²) in [5, 5.41) is 9.15. The highest BCUT2D eigenvalue weighted by atomic mass is 32.1. The van der Waals surface area contributed by atoms with Crippen LogP contribution >= 0.6 is 12.6 Å². The molecule has 0 aromatic heterocycles. The first-order valence-corrected chi connectivity index (χ1v) is 11.4. The van der Waals surface area contributed by atoms with Gasteiger partial charge in [-0.1, -0.05) is 24.3 Å². The summed E-state index contributed by atoms with van der Waals surface area (Å²) in [5.74, 6) is -2.22. The van der Waals surface area contributed by atoms with Gasteiger partial charge in [-0.3, -0.25) is 14.6 Å². The number of methoxy groups -OCH3 is 1. The number of carboxylic acids is 1. The Hall–Kier alpha value is -2.43. The first kappa shape index (κ1) is 25.2. The zero-order valence-electron chi connectivity index (χ0n) is 18.8. The second kappa shape index (κ2) is 11.1. The first-order valence-electron chi connectivity index (χ1n) is 10.9. The molecule has 3 atom stereocenters. The number of piperidine rings is 1. The van der Waals surface area contributed by atoms with E-state index in [-0.39, 0.29) is 23.3 Å². The number of esters is 1. The van der Waals surface area contributed by atoms with E-state index in [0.717, 1.165) is 5.57 Å². The van der Waals surface area contributed by atoms with Gasteiger partial charge in [0, 0.05) is 43.5 Å². The molecule has 0 spiro atoms. The average molecular weight is 480 g/mol. The van der Waals surface area contributed by atoms with E-state index in [4.69, 9.17) is 9.84 Å². The van der Waals surface area contributed by atoms with Crippen molar-refractivity contribution in [2.45, 2.75) is 30.7 Å². The Kier molecular flexibility index (Phi) is 8.50. The molecule has 2 saturated heterocycles. The number of carboxylic acid groups (broad SMARTS) is 1. The van der Waals surface area contributed by atoms with Gasteiger partial charge in [-0.25, -0.2) is 14.0 Å². The lowest BCUT2D eigenvalue weighted by Crippen LogP contribution is -2.55. The molecule has 0 bridgehead atoms. The fourth-order valence-corrected chi connectivity index (χ4v) is 4.58. The minimum Gasteiger partial charge on any atom is -0.480 e. The number of nitrogens with zero attached hydrogens (tertiary/aromatic N) is 3. The summed E-state index contributed by atoms with van der Waals surface area (Å²) in [6.45, 7) is 4.05. The number of amides is 1. The smallest absolute Gasteiger partial charge is 0.327 e. The van der Waals surface area contributed by atoms with Crippen molar-refractivity contribution < 1.29 is 28.6 Å². The highest BCUT2D eigenvalue weighted by Gasteiger charge is 2.35. The lowest BCUT2D eigenvalue weighted by Gasteiger charge is -2.38. The van der Waals surface area contributed by atoms with Gasteiger partial charge in [0.1, 0.15) is 17.9 Å². The van der Waals surface area contributed by atoms with E-state index in [1.165, 1.54) is 25.0 Å². The molecule has 8 nitrogen and oxygen atoms in total. The lowest BCUT2D eigenvalue weighted by molar-refractivity contribution is -0.152. The number of likely N-dealkylation sites (tertiary alicyclic amines) is 1. The molecule has 180 valence electrons. The third kappa shape index (κ3) is 5.93. The lowest BCUT2D eigenvalue weighted by atomic mass is 9.97. The maximum Gasteiger partial charge on any atom is 0.327 e. The maximum absolute atomic E-state index is 14.5. The van der Waals surface area contributed by atoms with Crippen molar-refractivity contribution in [1.82, 2.24) is 14.7 Å². The molecule has 2 fully saturated rings. The number of halogens is 1. The van der Waals surface area contributed by atoms with Gasteiger partial charge in [0.15, 0.2) is 0 Å². The van der Waals surface area contributed by atoms with E-state index < -0.39 is 29.8 Å². The summed E-state index contributed by atoms with van der Waals surface area (Å²) in [6.07, 6.45) is 2.68. The average Bonchev–Trinajstić information content (AvgIpc) is 2.80. The molecule has 1 N–H and O–H groups in total. The van der Waals surface area contributed by atoms with E-state index in [0.29, 0.717) is 39.1 Å². The number of carbonyl (C=O) groups excluding carboxylic acids is 2. The number of carbonyl (C=O) groups is 3. The Bertz CT molecular complexity index is 927. The molecule has 2 aliphatic heterocycles. The quantitative estimate of drug-likeness (QED) is 0.349. The first-order chi connectivity index (χ1) is 15.7. The van der Waals surface area contributed by atoms with Gasteiger partial charge < -0.3 is 14.7 Å². The predicted molar refractivity (Wildman–Crippen MR) is 123 cm³/mol. The molecule has 2 aliphatic rings. The predicted octanol–water partition coefficient (Wildman–Crippen LogP) is 1.59. The number of hydrogen-bond donors (Lipinski definition) is 2. The standard InChI is InChI=1S/C23H30FN3O5S/c1-15(22(29)30)27-12-11-25(14-20(27)28)9-7-16-13-26(10-8-19(16)33)21(23(31)32-2)17-5-3-4-6-18(17)24/h3-7,15,19,21,33H,8-14H2,1-2H3,(H,29,30)/b16-7-. The van der Waals surface area contributed by atoms with Crippen LogP contribution in [0.1, 0.15) is 24.9 Å². The topological polar surface area (TPSA) is 90.4 Å². The van der Waals surface area contributed by atoms with E-state index in [1.54, 1.807) is 18.2 Å². The van der Waals surface area contributed by atoms with Gasteiger partial charge in [0.25, 0.3) is 0 Å². The van der Waals surface area contributed by atoms with Gasteiger partial charge in [-0.15, -0.1) is 0 Å². The molecule has 0 saturated carbocycles. The van der Waals surface area contributed by atoms with Crippen LogP contribution in [0.5, 0.6) is 0 Å². The Morgan fingerprint density at radius 2 is 2.00 bits per heavy atom. The highest BCUT2D eigenvalue weighted by Crippen LogP contribution is 2.31. The number of benzene rings is 1. The summed E-state index contributed by atoms with van der Waals surface area (Å²) < 4.78 is 19.5. The molecule has 2 heterocycles. The van der Waals surface area contributed by atoms with Crippen molar-refractivity contribution in [2.24, 2.45) is 0 Å². The molecule has 1 aromatic carbocycles. The molecule has 33 heavy (non-hydrogen) atoms. The molecular formula is C23H30FN3O5S. The van der Waals surface area contributed by atoms with Gasteiger partial charge in [-0.05, 0) is 25.0 Å². The van der Waals surface area contributed by atoms with E-state index in [9.17, 15) is 18.8 Å². The van der Waals surface area contributed by atoms with Crippen molar-refractivity contribution >= 4 is 30.5 Å². The Balaban J connectivity index is 1.70. The van der Waals surface area contributed by atoms with Gasteiger partial charge in [0.2, 0.25) is 5.91 Å². The summed E-state index contributed by atoms with van der Waals surface area (Å²) in [4.78, 5) is 41.4. The molecule has 10 heteroatoms. The van der Waals surface area contributed by atoms with Crippen molar-refractivity contribution in [1.29, 1.82) is 0 Å². The number of piperazine rings is 1. The minimum absolute atomic E-state index is 0.0100. The second-order valence-electron chi connectivity index (χ2n) is 8.34. The third-order valence-corrected chi connectivity index (χ3v) is 6.86. The zero-order valence-corrected chi connectivity index (χ0v) is 19.7. The van der Waals surface area contributed by atoms with Crippen LogP contribution < -0.4 is 0 Å². The van der Waals surface area contributed by atoms with Crippen molar-refractivity contribution in [2.75, 3.05) is 46.4 Å². The van der Waals surface area contributed by atoms with Crippen LogP contribution in [0.4, 0.5) is 4.39 Å². The zero-order chi connectivity index (χ0) is 24.1. The summed E-state index contributed by atoms with van der Waals surface area (Å²) in [5.41, 5.74) is 1.26. The molecule has 1 amide bonds. The third-order valence-electron chi connectivity index (χ3n) is 6.27. The fourth-order valence-electron chi connectivity index (χ4n) is 4.27. The van der Waals surface area contributed by atoms with Crippen LogP contribution in [-0.2, 0) is 19.1 Å². The molecule has 3 unspecified atom stereocenters. The van der Waals surface area contributed by atoms with Crippen LogP contribution in [0.15, 0.2) is 35.9 Å². The maximum atomic E-state index is 14.5. The van der Waals surface area contributed by atoms with E-state index >= 15 is 0 Å². The van der Waals surface area contributed by atoms with Crippen LogP contribution in [0.2, 0.25) is 0 Å². The Morgan fingerprint density at radius 1 is 1.27 bits per heavy atom. The van der Waals surface area contributed by atoms with Gasteiger partial charge in [0.05, 0.1) is 13.7 Å². The molecule has 0 aliphatic carbocycles. The minimum atomic E-state index is -1.02. The largest absolute Gasteiger partial charge is 0.480 e. The molecule has 1 aromatic rings. The Labute approximate surface area is 198 Å². The number of rotatable bonds is 7. The molecular weight excluding hydrogens is 449 g/mol. The Morgan fingerprint density at radius 3 is 2.64 bits per heavy atom. The summed E-state index contributed by atoms with van der Waals surface area (Å²) >= 11 is 4.68. The van der Waals surface area contributed by atoms with E-state index in [1.807, 2.05) is 15.9 Å². The summed E-state index contributed by atoms with van der Waals surface area (Å²) in [7, 11) is 1.29. The van der Waals surface area contributed by atoms with Crippen molar-refractivity contribution in [3.63, 3.8) is 0 Å². The van der Waals surface area contributed by atoms with Crippen LogP contribution in [-0.4, -0.2) is 95.3 Å². The second-order valence-corrected chi connectivity index (χ2v) is 8.96.